The number of carbonyl (C=O) groups is 2. The van der Waals surface area contributed by atoms with Crippen molar-refractivity contribution in [1.29, 1.82) is 0 Å². The molecule has 1 aliphatic heterocycles. The van der Waals surface area contributed by atoms with Gasteiger partial charge in [-0.15, -0.1) is 0 Å². The van der Waals surface area contributed by atoms with Gasteiger partial charge in [0, 0.05) is 22.3 Å². The van der Waals surface area contributed by atoms with Gasteiger partial charge in [-0.05, 0) is 50.2 Å². The third kappa shape index (κ3) is 5.12. The summed E-state index contributed by atoms with van der Waals surface area (Å²) in [6, 6.07) is 21.3. The molecule has 1 aliphatic rings. The van der Waals surface area contributed by atoms with Gasteiger partial charge < -0.3 is 21.1 Å². The third-order valence-corrected chi connectivity index (χ3v) is 7.34. The molecule has 6 rings (SSSR count). The molecule has 0 radical (unpaired) electrons. The predicted molar refractivity (Wildman–Crippen MR) is 157 cm³/mol. The highest BCUT2D eigenvalue weighted by atomic mass is 16.5. The van der Waals surface area contributed by atoms with E-state index in [2.05, 4.69) is 20.6 Å². The van der Waals surface area contributed by atoms with Gasteiger partial charge in [-0.25, -0.2) is 14.6 Å². The number of amides is 1. The van der Waals surface area contributed by atoms with Crippen molar-refractivity contribution in [3.05, 3.63) is 95.8 Å². The number of carbonyl (C=O) groups excluding carboxylic acids is 2. The van der Waals surface area contributed by atoms with E-state index in [4.69, 9.17) is 15.6 Å². The summed E-state index contributed by atoms with van der Waals surface area (Å²) in [6.45, 7) is 1.83. The zero-order valence-corrected chi connectivity index (χ0v) is 22.5. The maximum absolute atomic E-state index is 13.1. The molecular weight excluding hydrogens is 518 g/mol. The normalized spacial score (nSPS) is 13.7. The monoisotopic (exact) mass is 547 g/mol. The molecule has 0 spiro atoms. The highest BCUT2D eigenvalue weighted by molar-refractivity contribution is 6.10. The number of nitrogens with zero attached hydrogens (tertiary/aromatic N) is 4. The number of nitrogen functional groups attached to an aromatic ring is 1. The van der Waals surface area contributed by atoms with E-state index in [-0.39, 0.29) is 17.7 Å². The van der Waals surface area contributed by atoms with E-state index in [0.29, 0.717) is 50.7 Å². The Bertz CT molecular complexity index is 1730. The van der Waals surface area contributed by atoms with Crippen LogP contribution in [0.4, 0.5) is 11.5 Å². The Labute approximate surface area is 236 Å². The van der Waals surface area contributed by atoms with Crippen LogP contribution >= 0.6 is 0 Å². The second kappa shape index (κ2) is 11.2. The Morgan fingerprint density at radius 2 is 1.66 bits per heavy atom. The van der Waals surface area contributed by atoms with E-state index in [1.807, 2.05) is 35.0 Å². The standard InChI is InChI=1S/C31H29N7O3/c1-41-25-17-22(27-26-29(32)34-18-35-30(26)38(37-27)23-13-15-33-16-14-23)11-12-24(25)36-31(40)21-9-7-20(8-10-21)28(39)19-5-3-2-4-6-19/h2-12,17-18,23,33H,13-16H2,1H3,(H,36,40)(H2,32,34,35). The lowest BCUT2D eigenvalue weighted by Gasteiger charge is -2.23. The van der Waals surface area contributed by atoms with Crippen molar-refractivity contribution in [2.75, 3.05) is 31.2 Å². The molecule has 1 saturated heterocycles. The summed E-state index contributed by atoms with van der Waals surface area (Å²) < 4.78 is 7.60. The number of rotatable bonds is 7. The number of piperidine rings is 1. The van der Waals surface area contributed by atoms with Crippen LogP contribution in [-0.2, 0) is 0 Å². The minimum Gasteiger partial charge on any atom is -0.495 e. The number of benzene rings is 3. The van der Waals surface area contributed by atoms with Crippen LogP contribution in [-0.4, -0.2) is 51.6 Å². The highest BCUT2D eigenvalue weighted by Crippen LogP contribution is 2.37. The Morgan fingerprint density at radius 1 is 0.951 bits per heavy atom. The number of methoxy groups -OCH3 is 1. The van der Waals surface area contributed by atoms with Gasteiger partial charge in [-0.3, -0.25) is 9.59 Å². The van der Waals surface area contributed by atoms with Gasteiger partial charge in [0.25, 0.3) is 5.91 Å². The summed E-state index contributed by atoms with van der Waals surface area (Å²) in [7, 11) is 1.54. The highest BCUT2D eigenvalue weighted by Gasteiger charge is 2.24. The second-order valence-electron chi connectivity index (χ2n) is 9.87. The van der Waals surface area contributed by atoms with Crippen molar-refractivity contribution in [3.63, 3.8) is 0 Å². The molecule has 3 aromatic carbocycles. The lowest BCUT2D eigenvalue weighted by atomic mass is 10.0. The largest absolute Gasteiger partial charge is 0.495 e. The molecule has 0 atom stereocenters. The number of fused-ring (bicyclic) bond motifs is 1. The van der Waals surface area contributed by atoms with Crippen molar-refractivity contribution in [1.82, 2.24) is 25.1 Å². The van der Waals surface area contributed by atoms with Crippen LogP contribution < -0.4 is 21.1 Å². The van der Waals surface area contributed by atoms with Gasteiger partial charge in [0.15, 0.2) is 11.4 Å². The zero-order valence-electron chi connectivity index (χ0n) is 22.5. The first-order valence-electron chi connectivity index (χ1n) is 13.4. The quantitative estimate of drug-likeness (QED) is 0.254. The molecule has 0 saturated carbocycles. The van der Waals surface area contributed by atoms with Gasteiger partial charge in [-0.1, -0.05) is 48.5 Å². The van der Waals surface area contributed by atoms with Crippen molar-refractivity contribution in [3.8, 4) is 17.0 Å². The molecule has 4 N–H and O–H groups in total. The summed E-state index contributed by atoms with van der Waals surface area (Å²) in [5.74, 6) is 0.395. The first-order valence-corrected chi connectivity index (χ1v) is 13.4. The number of nitrogens with one attached hydrogen (secondary N) is 2. The molecule has 1 fully saturated rings. The van der Waals surface area contributed by atoms with Crippen molar-refractivity contribution >= 4 is 34.2 Å². The average Bonchev–Trinajstić information content (AvgIpc) is 3.43. The molecule has 5 aromatic rings. The van der Waals surface area contributed by atoms with Gasteiger partial charge in [0.2, 0.25) is 0 Å². The Balaban J connectivity index is 1.26. The summed E-state index contributed by atoms with van der Waals surface area (Å²) in [5.41, 5.74) is 10.4. The zero-order chi connectivity index (χ0) is 28.3. The molecule has 0 aliphatic carbocycles. The number of aromatic nitrogens is 4. The SMILES string of the molecule is COc1cc(-c2nn(C3CCNCC3)c3ncnc(N)c23)ccc1NC(=O)c1ccc(C(=O)c2ccccc2)cc1. The minimum absolute atomic E-state index is 0.101. The van der Waals surface area contributed by atoms with Crippen LogP contribution in [0.25, 0.3) is 22.3 Å². The van der Waals surface area contributed by atoms with Gasteiger partial charge >= 0.3 is 0 Å². The van der Waals surface area contributed by atoms with Crippen LogP contribution in [0.5, 0.6) is 5.75 Å². The summed E-state index contributed by atoms with van der Waals surface area (Å²) >= 11 is 0. The summed E-state index contributed by atoms with van der Waals surface area (Å²) in [4.78, 5) is 34.5. The molecule has 3 heterocycles. The number of ketones is 1. The summed E-state index contributed by atoms with van der Waals surface area (Å²) in [5, 5.41) is 11.9. The molecule has 41 heavy (non-hydrogen) atoms. The van der Waals surface area contributed by atoms with Crippen LogP contribution in [0, 0.1) is 0 Å². The fourth-order valence-electron chi connectivity index (χ4n) is 5.17. The van der Waals surface area contributed by atoms with Crippen LogP contribution in [0.3, 0.4) is 0 Å². The molecule has 10 nitrogen and oxygen atoms in total. The van der Waals surface area contributed by atoms with Crippen LogP contribution in [0.1, 0.15) is 45.2 Å². The van der Waals surface area contributed by atoms with Gasteiger partial charge in [-0.2, -0.15) is 5.10 Å². The van der Waals surface area contributed by atoms with Gasteiger partial charge in [0.1, 0.15) is 23.6 Å². The molecule has 10 heteroatoms. The topological polar surface area (TPSA) is 137 Å². The fourth-order valence-corrected chi connectivity index (χ4v) is 5.17. The number of anilines is 2. The lowest BCUT2D eigenvalue weighted by Crippen LogP contribution is -2.30. The predicted octanol–water partition coefficient (Wildman–Crippen LogP) is 4.49. The third-order valence-electron chi connectivity index (χ3n) is 7.34. The molecule has 0 bridgehead atoms. The van der Waals surface area contributed by atoms with E-state index >= 15 is 0 Å². The van der Waals surface area contributed by atoms with Crippen molar-refractivity contribution in [2.45, 2.75) is 18.9 Å². The van der Waals surface area contributed by atoms with E-state index in [0.717, 1.165) is 31.5 Å². The smallest absolute Gasteiger partial charge is 0.255 e. The molecule has 2 aromatic heterocycles. The Kier molecular flexibility index (Phi) is 7.13. The average molecular weight is 548 g/mol. The molecule has 0 unspecified atom stereocenters. The number of hydrogen-bond donors (Lipinski definition) is 3. The first kappa shape index (κ1) is 26.1. The van der Waals surface area contributed by atoms with Crippen molar-refractivity contribution < 1.29 is 14.3 Å². The van der Waals surface area contributed by atoms with Gasteiger partial charge in [0.05, 0.1) is 24.2 Å². The molecular formula is C31H29N7O3. The summed E-state index contributed by atoms with van der Waals surface area (Å²) in [6.07, 6.45) is 3.34. The molecule has 206 valence electrons. The number of hydrogen-bond acceptors (Lipinski definition) is 8. The second-order valence-corrected chi connectivity index (χ2v) is 9.87. The minimum atomic E-state index is -0.326. The van der Waals surface area contributed by atoms with Crippen LogP contribution in [0.15, 0.2) is 79.1 Å². The number of ether oxygens (including phenoxy) is 1. The first-order chi connectivity index (χ1) is 20.0. The fraction of sp³-hybridized carbons (Fsp3) is 0.194. The van der Waals surface area contributed by atoms with E-state index < -0.39 is 0 Å². The Morgan fingerprint density at radius 3 is 2.39 bits per heavy atom. The van der Waals surface area contributed by atoms with E-state index in [1.165, 1.54) is 6.33 Å². The van der Waals surface area contributed by atoms with E-state index in [1.54, 1.807) is 49.6 Å². The van der Waals surface area contributed by atoms with Crippen LogP contribution in [0.2, 0.25) is 0 Å². The maximum atomic E-state index is 13.1. The van der Waals surface area contributed by atoms with E-state index in [9.17, 15) is 9.59 Å². The van der Waals surface area contributed by atoms with Crippen molar-refractivity contribution in [2.24, 2.45) is 0 Å². The Hall–Kier alpha value is -5.09. The maximum Gasteiger partial charge on any atom is 0.255 e. The number of nitrogens with two attached hydrogens (primary N) is 1. The lowest BCUT2D eigenvalue weighted by molar-refractivity contribution is 0.102. The molecule has 1 amide bonds.